The minimum Gasteiger partial charge on any atom is -0.335 e. The van der Waals surface area contributed by atoms with Gasteiger partial charge in [0.05, 0.1) is 28.3 Å². The maximum absolute atomic E-state index is 13.2. The van der Waals surface area contributed by atoms with Crippen LogP contribution in [0.3, 0.4) is 0 Å². The molecule has 1 aromatic heterocycles. The van der Waals surface area contributed by atoms with Gasteiger partial charge in [0, 0.05) is 18.6 Å². The van der Waals surface area contributed by atoms with Crippen LogP contribution in [-0.4, -0.2) is 58.1 Å². The molecule has 6 nitrogen and oxygen atoms in total. The Bertz CT molecular complexity index is 964. The number of aromatic nitrogens is 2. The summed E-state index contributed by atoms with van der Waals surface area (Å²) in [7, 11) is -3.02. The molecule has 0 bridgehead atoms. The first-order valence-corrected chi connectivity index (χ1v) is 12.9. The smallest absolute Gasteiger partial charge is 0.233 e. The third kappa shape index (κ3) is 3.94. The van der Waals surface area contributed by atoms with Crippen molar-refractivity contribution in [2.45, 2.75) is 62.8 Å². The van der Waals surface area contributed by atoms with Crippen molar-refractivity contribution in [2.24, 2.45) is 0 Å². The van der Waals surface area contributed by atoms with Crippen molar-refractivity contribution < 1.29 is 13.2 Å². The number of rotatable bonds is 6. The Morgan fingerprint density at radius 3 is 2.64 bits per heavy atom. The third-order valence-electron chi connectivity index (χ3n) is 5.87. The molecule has 8 heteroatoms. The van der Waals surface area contributed by atoms with E-state index in [1.807, 2.05) is 29.2 Å². The van der Waals surface area contributed by atoms with Gasteiger partial charge in [0.15, 0.2) is 15.0 Å². The summed E-state index contributed by atoms with van der Waals surface area (Å²) in [6, 6.07) is 8.03. The highest BCUT2D eigenvalue weighted by molar-refractivity contribution is 7.99. The molecule has 1 aromatic carbocycles. The molecule has 1 amide bonds. The van der Waals surface area contributed by atoms with E-state index in [1.54, 1.807) is 0 Å². The second kappa shape index (κ2) is 8.06. The minimum atomic E-state index is -3.02. The molecule has 1 saturated carbocycles. The van der Waals surface area contributed by atoms with Crippen molar-refractivity contribution in [1.29, 1.82) is 0 Å². The van der Waals surface area contributed by atoms with Gasteiger partial charge in [-0.15, -0.1) is 0 Å². The maximum atomic E-state index is 13.2. The van der Waals surface area contributed by atoms with Crippen molar-refractivity contribution in [3.63, 3.8) is 0 Å². The number of hydrogen-bond donors (Lipinski definition) is 0. The fraction of sp³-hybridized carbons (Fsp3) is 0.600. The lowest BCUT2D eigenvalue weighted by atomic mass is 10.1. The molecule has 1 atom stereocenters. The number of sulfone groups is 1. The fourth-order valence-electron chi connectivity index (χ4n) is 4.55. The number of fused-ring (bicyclic) bond motifs is 1. The predicted octanol–water partition coefficient (Wildman–Crippen LogP) is 3.11. The monoisotopic (exact) mass is 421 g/mol. The number of benzene rings is 1. The number of hydrogen-bond acceptors (Lipinski definition) is 5. The number of thioether (sulfide) groups is 1. The molecule has 1 aliphatic carbocycles. The Kier molecular flexibility index (Phi) is 5.69. The maximum Gasteiger partial charge on any atom is 0.233 e. The van der Waals surface area contributed by atoms with E-state index in [-0.39, 0.29) is 29.5 Å². The molecule has 2 fully saturated rings. The van der Waals surface area contributed by atoms with E-state index >= 15 is 0 Å². The number of amides is 1. The summed E-state index contributed by atoms with van der Waals surface area (Å²) in [5, 5.41) is 0.850. The first-order chi connectivity index (χ1) is 13.5. The van der Waals surface area contributed by atoms with Crippen molar-refractivity contribution in [2.75, 3.05) is 17.3 Å². The molecule has 1 saturated heterocycles. The average molecular weight is 422 g/mol. The van der Waals surface area contributed by atoms with Crippen molar-refractivity contribution in [3.8, 4) is 0 Å². The van der Waals surface area contributed by atoms with Crippen LogP contribution in [0.4, 0.5) is 0 Å². The van der Waals surface area contributed by atoms with Gasteiger partial charge in [0.1, 0.15) is 0 Å². The number of para-hydroxylation sites is 2. The fourth-order valence-corrected chi connectivity index (χ4v) is 7.21. The SMILES string of the molecule is CCn1c(SCC(=O)N(C2CCCC2)C2CCS(=O)(=O)C2)nc2ccccc21. The molecule has 2 aliphatic rings. The zero-order chi connectivity index (χ0) is 19.7. The second-order valence-corrected chi connectivity index (χ2v) is 10.9. The lowest BCUT2D eigenvalue weighted by Gasteiger charge is -2.34. The number of imidazole rings is 1. The summed E-state index contributed by atoms with van der Waals surface area (Å²) < 4.78 is 26.1. The van der Waals surface area contributed by atoms with Crippen molar-refractivity contribution in [3.05, 3.63) is 24.3 Å². The quantitative estimate of drug-likeness (QED) is 0.670. The highest BCUT2D eigenvalue weighted by Gasteiger charge is 2.38. The molecule has 2 aromatic rings. The summed E-state index contributed by atoms with van der Waals surface area (Å²) in [6.45, 7) is 2.87. The molecule has 1 aliphatic heterocycles. The average Bonchev–Trinajstić information content (AvgIpc) is 3.39. The van der Waals surface area contributed by atoms with Crippen molar-refractivity contribution >= 4 is 38.5 Å². The predicted molar refractivity (Wildman–Crippen MR) is 112 cm³/mol. The molecule has 0 radical (unpaired) electrons. The topological polar surface area (TPSA) is 72.3 Å². The van der Waals surface area contributed by atoms with Gasteiger partial charge in [0.2, 0.25) is 5.91 Å². The van der Waals surface area contributed by atoms with Crippen LogP contribution < -0.4 is 0 Å². The zero-order valence-electron chi connectivity index (χ0n) is 16.2. The van der Waals surface area contributed by atoms with E-state index < -0.39 is 9.84 Å². The van der Waals surface area contributed by atoms with Crippen LogP contribution in [0.5, 0.6) is 0 Å². The zero-order valence-corrected chi connectivity index (χ0v) is 17.8. The molecular weight excluding hydrogens is 394 g/mol. The lowest BCUT2D eigenvalue weighted by molar-refractivity contribution is -0.132. The molecule has 1 unspecified atom stereocenters. The van der Waals surface area contributed by atoms with E-state index in [9.17, 15) is 13.2 Å². The van der Waals surface area contributed by atoms with Crippen molar-refractivity contribution in [1.82, 2.24) is 14.5 Å². The van der Waals surface area contributed by atoms with Gasteiger partial charge in [-0.25, -0.2) is 13.4 Å². The van der Waals surface area contributed by atoms with Gasteiger partial charge in [-0.2, -0.15) is 0 Å². The van der Waals surface area contributed by atoms with Gasteiger partial charge < -0.3 is 9.47 Å². The number of carbonyl (C=O) groups is 1. The minimum absolute atomic E-state index is 0.0497. The summed E-state index contributed by atoms with van der Waals surface area (Å²) in [5.41, 5.74) is 2.02. The van der Waals surface area contributed by atoms with Gasteiger partial charge in [-0.05, 0) is 38.3 Å². The lowest BCUT2D eigenvalue weighted by Crippen LogP contribution is -2.47. The standard InChI is InChI=1S/C20H27N3O3S2/c1-2-22-18-10-6-5-9-17(18)21-20(22)27-13-19(24)23(15-7-3-4-8-15)16-11-12-28(25,26)14-16/h5-6,9-10,15-16H,2-4,7-8,11-14H2,1H3. The van der Waals surface area contributed by atoms with Crippen LogP contribution in [0.2, 0.25) is 0 Å². The van der Waals surface area contributed by atoms with E-state index in [0.29, 0.717) is 12.2 Å². The number of nitrogens with zero attached hydrogens (tertiary/aromatic N) is 3. The Morgan fingerprint density at radius 1 is 1.21 bits per heavy atom. The van der Waals surface area contributed by atoms with Crippen LogP contribution in [-0.2, 0) is 21.2 Å². The van der Waals surface area contributed by atoms with Crippen LogP contribution in [0, 0.1) is 0 Å². The molecule has 4 rings (SSSR count). The van der Waals surface area contributed by atoms with E-state index in [1.165, 1.54) is 11.8 Å². The van der Waals surface area contributed by atoms with E-state index in [0.717, 1.165) is 48.4 Å². The highest BCUT2D eigenvalue weighted by Crippen LogP contribution is 2.31. The summed E-state index contributed by atoms with van der Waals surface area (Å²) in [6.07, 6.45) is 4.78. The second-order valence-electron chi connectivity index (χ2n) is 7.71. The molecular formula is C20H27N3O3S2. The van der Waals surface area contributed by atoms with Gasteiger partial charge >= 0.3 is 0 Å². The first-order valence-electron chi connectivity index (χ1n) is 10.1. The Labute approximate surface area is 170 Å². The summed E-state index contributed by atoms with van der Waals surface area (Å²) in [4.78, 5) is 19.8. The summed E-state index contributed by atoms with van der Waals surface area (Å²) >= 11 is 1.46. The first kappa shape index (κ1) is 19.8. The largest absolute Gasteiger partial charge is 0.335 e. The van der Waals surface area contributed by atoms with E-state index in [2.05, 4.69) is 11.5 Å². The molecule has 0 spiro atoms. The van der Waals surface area contributed by atoms with Crippen LogP contribution in [0.25, 0.3) is 11.0 Å². The van der Waals surface area contributed by atoms with Crippen LogP contribution in [0.1, 0.15) is 39.0 Å². The van der Waals surface area contributed by atoms with E-state index in [4.69, 9.17) is 4.98 Å². The van der Waals surface area contributed by atoms with Gasteiger partial charge in [0.25, 0.3) is 0 Å². The highest BCUT2D eigenvalue weighted by atomic mass is 32.2. The van der Waals surface area contributed by atoms with Crippen LogP contribution >= 0.6 is 11.8 Å². The Hall–Kier alpha value is -1.54. The number of aryl methyl sites for hydroxylation is 1. The normalized spacial score (nSPS) is 22.1. The molecule has 28 heavy (non-hydrogen) atoms. The van der Waals surface area contributed by atoms with Crippen LogP contribution in [0.15, 0.2) is 29.4 Å². The molecule has 152 valence electrons. The molecule has 2 heterocycles. The number of carbonyl (C=O) groups excluding carboxylic acids is 1. The Balaban J connectivity index is 1.52. The van der Waals surface area contributed by atoms with Gasteiger partial charge in [-0.1, -0.05) is 36.7 Å². The van der Waals surface area contributed by atoms with Gasteiger partial charge in [-0.3, -0.25) is 4.79 Å². The Morgan fingerprint density at radius 2 is 1.96 bits per heavy atom. The summed E-state index contributed by atoms with van der Waals surface area (Å²) in [5.74, 6) is 0.671. The molecule has 0 N–H and O–H groups in total. The third-order valence-corrected chi connectivity index (χ3v) is 8.58.